The molecule has 1 aromatic carbocycles. The molecule has 0 amide bonds. The number of rotatable bonds is 4. The van der Waals surface area contributed by atoms with Crippen molar-refractivity contribution < 1.29 is 4.39 Å². The average molecular weight is 435 g/mol. The molecule has 2 aromatic heterocycles. The van der Waals surface area contributed by atoms with Gasteiger partial charge in [0.1, 0.15) is 5.82 Å². The maximum absolute atomic E-state index is 13.5. The van der Waals surface area contributed by atoms with E-state index < -0.39 is 0 Å². The third-order valence-electron chi connectivity index (χ3n) is 6.73. The fraction of sp³-hybridized carbons (Fsp3) is 0.360. The van der Waals surface area contributed by atoms with Gasteiger partial charge in [0, 0.05) is 29.3 Å². The smallest absolute Gasteiger partial charge is 0.170 e. The van der Waals surface area contributed by atoms with Gasteiger partial charge in [-0.1, -0.05) is 18.9 Å². The number of hydrogen-bond donors (Lipinski definition) is 1. The van der Waals surface area contributed by atoms with Crippen molar-refractivity contribution in [1.82, 2.24) is 19.8 Å². The summed E-state index contributed by atoms with van der Waals surface area (Å²) in [5.41, 5.74) is 5.50. The molecule has 1 aliphatic carbocycles. The maximum Gasteiger partial charge on any atom is 0.170 e. The van der Waals surface area contributed by atoms with Crippen molar-refractivity contribution in [3.8, 4) is 5.69 Å². The van der Waals surface area contributed by atoms with Gasteiger partial charge >= 0.3 is 0 Å². The molecule has 2 fully saturated rings. The topological polar surface area (TPSA) is 33.1 Å². The summed E-state index contributed by atoms with van der Waals surface area (Å²) in [5, 5.41) is 4.40. The molecule has 160 valence electrons. The summed E-state index contributed by atoms with van der Waals surface area (Å²) in [5.74, 6) is -0.223. The van der Waals surface area contributed by atoms with Crippen LogP contribution in [0.1, 0.15) is 60.4 Å². The highest BCUT2D eigenvalue weighted by Crippen LogP contribution is 2.44. The lowest BCUT2D eigenvalue weighted by molar-refractivity contribution is 0.245. The van der Waals surface area contributed by atoms with E-state index in [1.165, 1.54) is 43.4 Å². The summed E-state index contributed by atoms with van der Waals surface area (Å²) >= 11 is 5.86. The zero-order valence-electron chi connectivity index (χ0n) is 17.9. The van der Waals surface area contributed by atoms with Crippen LogP contribution in [0.5, 0.6) is 0 Å². The summed E-state index contributed by atoms with van der Waals surface area (Å²) in [7, 11) is 0. The molecular formula is C25H27FN4S. The van der Waals surface area contributed by atoms with E-state index >= 15 is 0 Å². The summed E-state index contributed by atoms with van der Waals surface area (Å²) in [6.45, 7) is 4.26. The number of thiocarbonyl (C=S) groups is 1. The Labute approximate surface area is 188 Å². The van der Waals surface area contributed by atoms with Crippen LogP contribution >= 0.6 is 12.2 Å². The Hall–Kier alpha value is -2.73. The van der Waals surface area contributed by atoms with Crippen LogP contribution in [0.3, 0.4) is 0 Å². The highest BCUT2D eigenvalue weighted by Gasteiger charge is 2.44. The van der Waals surface area contributed by atoms with Gasteiger partial charge in [0.25, 0.3) is 0 Å². The summed E-state index contributed by atoms with van der Waals surface area (Å²) in [6, 6.07) is 15.5. The minimum absolute atomic E-state index is 0.00327. The van der Waals surface area contributed by atoms with Crippen LogP contribution in [0.25, 0.3) is 5.69 Å². The summed E-state index contributed by atoms with van der Waals surface area (Å²) in [6.07, 6.45) is 6.68. The predicted octanol–water partition coefficient (Wildman–Crippen LogP) is 5.54. The molecule has 2 aliphatic rings. The number of aromatic nitrogens is 2. The van der Waals surface area contributed by atoms with Crippen LogP contribution < -0.4 is 5.32 Å². The van der Waals surface area contributed by atoms with Crippen LogP contribution in [0, 0.1) is 19.7 Å². The molecule has 2 atom stereocenters. The molecule has 1 aliphatic heterocycles. The first-order chi connectivity index (χ1) is 15.0. The molecule has 4 nitrogen and oxygen atoms in total. The molecule has 31 heavy (non-hydrogen) atoms. The standard InChI is InChI=1S/C25H27FN4S/c1-16-15-21(17(2)29(16)20-12-10-18(26)11-13-20)24-23(22-9-5-6-14-27-22)28-25(31)30(24)19-7-3-4-8-19/h5-6,9-15,19,23-24H,3-4,7-8H2,1-2H3,(H,28,31)/t23-,24+/m0/s1. The van der Waals surface area contributed by atoms with E-state index in [9.17, 15) is 4.39 Å². The SMILES string of the molecule is Cc1cc([C@@H]2[C@H](c3ccccn3)NC(=S)N2C2CCCC2)c(C)n1-c1ccc(F)cc1. The molecule has 1 saturated carbocycles. The Bertz CT molecular complexity index is 1090. The Kier molecular flexibility index (Phi) is 5.26. The van der Waals surface area contributed by atoms with Gasteiger partial charge in [-0.2, -0.15) is 0 Å². The number of nitrogens with zero attached hydrogens (tertiary/aromatic N) is 3. The second kappa shape index (κ2) is 8.08. The first-order valence-electron chi connectivity index (χ1n) is 11.0. The van der Waals surface area contributed by atoms with Gasteiger partial charge in [-0.15, -0.1) is 0 Å². The largest absolute Gasteiger partial charge is 0.352 e. The van der Waals surface area contributed by atoms with E-state index in [0.717, 1.165) is 27.9 Å². The predicted molar refractivity (Wildman–Crippen MR) is 125 cm³/mol. The van der Waals surface area contributed by atoms with Crippen molar-refractivity contribution in [3.05, 3.63) is 83.2 Å². The third-order valence-corrected chi connectivity index (χ3v) is 7.06. The van der Waals surface area contributed by atoms with Crippen LogP contribution in [0.2, 0.25) is 0 Å². The van der Waals surface area contributed by atoms with E-state index in [1.807, 2.05) is 30.5 Å². The number of halogens is 1. The maximum atomic E-state index is 13.5. The number of nitrogens with one attached hydrogen (secondary N) is 1. The first kappa shape index (κ1) is 20.2. The number of pyridine rings is 1. The van der Waals surface area contributed by atoms with Gasteiger partial charge in [0.2, 0.25) is 0 Å². The molecule has 3 heterocycles. The van der Waals surface area contributed by atoms with E-state index in [2.05, 4.69) is 45.7 Å². The fourth-order valence-electron chi connectivity index (χ4n) is 5.35. The minimum Gasteiger partial charge on any atom is -0.352 e. The van der Waals surface area contributed by atoms with Gasteiger partial charge in [-0.3, -0.25) is 4.98 Å². The average Bonchev–Trinajstić information content (AvgIpc) is 3.48. The molecule has 0 radical (unpaired) electrons. The first-order valence-corrected chi connectivity index (χ1v) is 11.4. The lowest BCUT2D eigenvalue weighted by Gasteiger charge is -2.33. The molecular weight excluding hydrogens is 407 g/mol. The Morgan fingerprint density at radius 1 is 1.06 bits per heavy atom. The second-order valence-corrected chi connectivity index (χ2v) is 9.00. The summed E-state index contributed by atoms with van der Waals surface area (Å²) < 4.78 is 15.7. The Morgan fingerprint density at radius 3 is 2.48 bits per heavy atom. The van der Waals surface area contributed by atoms with Gasteiger partial charge in [0.05, 0.1) is 17.8 Å². The van der Waals surface area contributed by atoms with E-state index in [-0.39, 0.29) is 17.9 Å². The second-order valence-electron chi connectivity index (χ2n) is 8.61. The highest BCUT2D eigenvalue weighted by atomic mass is 32.1. The zero-order valence-corrected chi connectivity index (χ0v) is 18.7. The lowest BCUT2D eigenvalue weighted by atomic mass is 9.95. The zero-order chi connectivity index (χ0) is 21.5. The van der Waals surface area contributed by atoms with Crippen molar-refractivity contribution in [2.24, 2.45) is 0 Å². The van der Waals surface area contributed by atoms with Gasteiger partial charge in [-0.25, -0.2) is 4.39 Å². The number of benzene rings is 1. The fourth-order valence-corrected chi connectivity index (χ4v) is 5.74. The molecule has 5 rings (SSSR count). The molecule has 0 bridgehead atoms. The van der Waals surface area contributed by atoms with Crippen LogP contribution in [-0.2, 0) is 0 Å². The molecule has 6 heteroatoms. The minimum atomic E-state index is -0.223. The van der Waals surface area contributed by atoms with E-state index in [0.29, 0.717) is 6.04 Å². The molecule has 3 aromatic rings. The monoisotopic (exact) mass is 434 g/mol. The molecule has 1 saturated heterocycles. The number of hydrogen-bond acceptors (Lipinski definition) is 2. The Morgan fingerprint density at radius 2 is 1.81 bits per heavy atom. The molecule has 0 unspecified atom stereocenters. The van der Waals surface area contributed by atoms with E-state index in [1.54, 1.807) is 0 Å². The summed E-state index contributed by atoms with van der Waals surface area (Å²) in [4.78, 5) is 7.09. The molecule has 1 N–H and O–H groups in total. The van der Waals surface area contributed by atoms with Gasteiger partial charge in [0.15, 0.2) is 5.11 Å². The van der Waals surface area contributed by atoms with Crippen LogP contribution in [0.4, 0.5) is 4.39 Å². The normalized spacial score (nSPS) is 21.6. The van der Waals surface area contributed by atoms with Crippen LogP contribution in [0.15, 0.2) is 54.7 Å². The van der Waals surface area contributed by atoms with Gasteiger partial charge in [-0.05, 0) is 86.9 Å². The quantitative estimate of drug-likeness (QED) is 0.546. The van der Waals surface area contributed by atoms with Crippen molar-refractivity contribution in [2.75, 3.05) is 0 Å². The highest BCUT2D eigenvalue weighted by molar-refractivity contribution is 7.80. The van der Waals surface area contributed by atoms with Crippen molar-refractivity contribution >= 4 is 17.3 Å². The number of aryl methyl sites for hydroxylation is 1. The van der Waals surface area contributed by atoms with Crippen molar-refractivity contribution in [1.29, 1.82) is 0 Å². The van der Waals surface area contributed by atoms with Crippen molar-refractivity contribution in [3.63, 3.8) is 0 Å². The van der Waals surface area contributed by atoms with Crippen LogP contribution in [-0.4, -0.2) is 25.6 Å². The third kappa shape index (κ3) is 3.53. The molecule has 0 spiro atoms. The van der Waals surface area contributed by atoms with Crippen molar-refractivity contribution in [2.45, 2.75) is 57.7 Å². The lowest BCUT2D eigenvalue weighted by Crippen LogP contribution is -2.37. The Balaban J connectivity index is 1.63. The van der Waals surface area contributed by atoms with E-state index in [4.69, 9.17) is 12.2 Å². The van der Waals surface area contributed by atoms with Gasteiger partial charge < -0.3 is 14.8 Å².